The normalized spacial score (nSPS) is 17.5. The first-order chi connectivity index (χ1) is 10.8. The molecule has 0 atom stereocenters. The maximum absolute atomic E-state index is 12.9. The van der Waals surface area contributed by atoms with Crippen molar-refractivity contribution < 1.29 is 27.9 Å². The van der Waals surface area contributed by atoms with Crippen molar-refractivity contribution >= 4 is 11.9 Å². The topological polar surface area (TPSA) is 79.3 Å². The maximum Gasteiger partial charge on any atom is 0.418 e. The number of pyridine rings is 1. The van der Waals surface area contributed by atoms with Crippen molar-refractivity contribution in [2.75, 3.05) is 6.54 Å². The quantitative estimate of drug-likeness (QED) is 0.890. The number of nitrogens with one attached hydrogen (secondary N) is 1. The molecule has 0 unspecified atom stereocenters. The first-order valence-corrected chi connectivity index (χ1v) is 7.30. The SMILES string of the molecule is O=C(NCC1(C(=O)O)CCCCC1)c1ncccc1C(F)(F)F. The summed E-state index contributed by atoms with van der Waals surface area (Å²) in [5, 5.41) is 11.7. The minimum atomic E-state index is -4.70. The van der Waals surface area contributed by atoms with Crippen molar-refractivity contribution in [2.24, 2.45) is 5.41 Å². The molecule has 1 amide bonds. The number of alkyl halides is 3. The van der Waals surface area contributed by atoms with Gasteiger partial charge in [0.2, 0.25) is 0 Å². The first-order valence-electron chi connectivity index (χ1n) is 7.30. The number of carboxylic acids is 1. The molecule has 0 radical (unpaired) electrons. The lowest BCUT2D eigenvalue weighted by molar-refractivity contribution is -0.150. The number of halogens is 3. The van der Waals surface area contributed by atoms with E-state index >= 15 is 0 Å². The van der Waals surface area contributed by atoms with E-state index in [2.05, 4.69) is 10.3 Å². The predicted molar refractivity (Wildman–Crippen MR) is 74.7 cm³/mol. The van der Waals surface area contributed by atoms with Crippen LogP contribution in [0.1, 0.15) is 48.2 Å². The van der Waals surface area contributed by atoms with E-state index in [1.807, 2.05) is 0 Å². The summed E-state index contributed by atoms with van der Waals surface area (Å²) in [6.45, 7) is -0.199. The maximum atomic E-state index is 12.9. The minimum absolute atomic E-state index is 0.199. The van der Waals surface area contributed by atoms with Crippen molar-refractivity contribution in [3.05, 3.63) is 29.6 Å². The molecule has 0 saturated heterocycles. The van der Waals surface area contributed by atoms with Crippen molar-refractivity contribution in [2.45, 2.75) is 38.3 Å². The van der Waals surface area contributed by atoms with Crippen LogP contribution in [0, 0.1) is 5.41 Å². The van der Waals surface area contributed by atoms with E-state index in [0.29, 0.717) is 12.8 Å². The Morgan fingerprint density at radius 1 is 1.26 bits per heavy atom. The number of amides is 1. The summed E-state index contributed by atoms with van der Waals surface area (Å²) in [7, 11) is 0. The average molecular weight is 330 g/mol. The number of rotatable bonds is 4. The van der Waals surface area contributed by atoms with E-state index in [1.54, 1.807) is 0 Å². The summed E-state index contributed by atoms with van der Waals surface area (Å²) in [4.78, 5) is 27.1. The summed E-state index contributed by atoms with van der Waals surface area (Å²) in [5.74, 6) is -2.04. The Kier molecular flexibility index (Phi) is 4.91. The van der Waals surface area contributed by atoms with Crippen LogP contribution in [0.4, 0.5) is 13.2 Å². The van der Waals surface area contributed by atoms with Gasteiger partial charge >= 0.3 is 12.1 Å². The zero-order chi connectivity index (χ0) is 17.1. The van der Waals surface area contributed by atoms with Crippen LogP contribution in [-0.2, 0) is 11.0 Å². The number of hydrogen-bond donors (Lipinski definition) is 2. The summed E-state index contributed by atoms with van der Waals surface area (Å²) in [6.07, 6.45) is -0.442. The van der Waals surface area contributed by atoms with E-state index < -0.39 is 34.7 Å². The molecule has 1 saturated carbocycles. The smallest absolute Gasteiger partial charge is 0.418 e. The molecule has 8 heteroatoms. The van der Waals surface area contributed by atoms with E-state index in [0.717, 1.165) is 37.6 Å². The summed E-state index contributed by atoms with van der Waals surface area (Å²) in [5.41, 5.74) is -2.98. The number of carbonyl (C=O) groups is 2. The van der Waals surface area contributed by atoms with Gasteiger partial charge in [-0.05, 0) is 25.0 Å². The summed E-state index contributed by atoms with van der Waals surface area (Å²) in [6, 6.07) is 1.87. The molecule has 0 aromatic carbocycles. The fourth-order valence-electron chi connectivity index (χ4n) is 2.84. The molecular weight excluding hydrogens is 313 g/mol. The standard InChI is InChI=1S/C15H17F3N2O3/c16-15(17,18)10-5-4-8-19-11(10)12(21)20-9-14(13(22)23)6-2-1-3-7-14/h4-5,8H,1-3,6-7,9H2,(H,20,21)(H,22,23). The van der Waals surface area contributed by atoms with E-state index in [4.69, 9.17) is 0 Å². The number of nitrogens with zero attached hydrogens (tertiary/aromatic N) is 1. The molecule has 0 bridgehead atoms. The van der Waals surface area contributed by atoms with Gasteiger partial charge in [0, 0.05) is 12.7 Å². The Bertz CT molecular complexity index is 596. The van der Waals surface area contributed by atoms with Gasteiger partial charge in [0.15, 0.2) is 0 Å². The van der Waals surface area contributed by atoms with Crippen molar-refractivity contribution in [1.82, 2.24) is 10.3 Å². The number of aliphatic carboxylic acids is 1. The molecule has 0 aliphatic heterocycles. The summed E-state index contributed by atoms with van der Waals surface area (Å²) < 4.78 is 38.7. The highest BCUT2D eigenvalue weighted by atomic mass is 19.4. The highest BCUT2D eigenvalue weighted by molar-refractivity contribution is 5.94. The third-order valence-corrected chi connectivity index (χ3v) is 4.18. The average Bonchev–Trinajstić information content (AvgIpc) is 2.52. The number of carboxylic acid groups (broad SMARTS) is 1. The number of carbonyl (C=O) groups excluding carboxylic acids is 1. The Labute approximate surface area is 130 Å². The molecule has 1 aromatic rings. The number of hydrogen-bond acceptors (Lipinski definition) is 3. The van der Waals surface area contributed by atoms with Crippen LogP contribution in [0.5, 0.6) is 0 Å². The molecule has 1 aliphatic rings. The van der Waals surface area contributed by atoms with Crippen molar-refractivity contribution in [3.63, 3.8) is 0 Å². The van der Waals surface area contributed by atoms with Gasteiger partial charge in [-0.2, -0.15) is 13.2 Å². The zero-order valence-corrected chi connectivity index (χ0v) is 12.3. The van der Waals surface area contributed by atoms with Crippen LogP contribution in [0.3, 0.4) is 0 Å². The van der Waals surface area contributed by atoms with Crippen LogP contribution in [-0.4, -0.2) is 28.5 Å². The molecule has 23 heavy (non-hydrogen) atoms. The highest BCUT2D eigenvalue weighted by Gasteiger charge is 2.41. The summed E-state index contributed by atoms with van der Waals surface area (Å²) >= 11 is 0. The molecule has 2 N–H and O–H groups in total. The van der Waals surface area contributed by atoms with Gasteiger partial charge in [-0.15, -0.1) is 0 Å². The third-order valence-electron chi connectivity index (χ3n) is 4.18. The largest absolute Gasteiger partial charge is 0.481 e. The molecule has 1 aromatic heterocycles. The van der Waals surface area contributed by atoms with Gasteiger partial charge in [-0.25, -0.2) is 0 Å². The number of aromatic nitrogens is 1. The van der Waals surface area contributed by atoms with E-state index in [-0.39, 0.29) is 6.54 Å². The molecule has 1 fully saturated rings. The highest BCUT2D eigenvalue weighted by Crippen LogP contribution is 2.36. The van der Waals surface area contributed by atoms with Gasteiger partial charge in [0.1, 0.15) is 5.69 Å². The van der Waals surface area contributed by atoms with Gasteiger partial charge in [-0.3, -0.25) is 14.6 Å². The molecule has 1 aliphatic carbocycles. The fraction of sp³-hybridized carbons (Fsp3) is 0.533. The lowest BCUT2D eigenvalue weighted by atomic mass is 9.74. The third kappa shape index (κ3) is 3.80. The van der Waals surface area contributed by atoms with Gasteiger partial charge in [0.05, 0.1) is 11.0 Å². The Hall–Kier alpha value is -2.12. The van der Waals surface area contributed by atoms with Crippen LogP contribution in [0.2, 0.25) is 0 Å². The second-order valence-electron chi connectivity index (χ2n) is 5.73. The second-order valence-corrected chi connectivity index (χ2v) is 5.73. The zero-order valence-electron chi connectivity index (χ0n) is 12.3. The lowest BCUT2D eigenvalue weighted by Crippen LogP contribution is -2.44. The molecule has 5 nitrogen and oxygen atoms in total. The van der Waals surface area contributed by atoms with Crippen LogP contribution < -0.4 is 5.32 Å². The van der Waals surface area contributed by atoms with Crippen LogP contribution in [0.15, 0.2) is 18.3 Å². The lowest BCUT2D eigenvalue weighted by Gasteiger charge is -2.33. The Morgan fingerprint density at radius 2 is 1.91 bits per heavy atom. The monoisotopic (exact) mass is 330 g/mol. The van der Waals surface area contributed by atoms with E-state index in [1.165, 1.54) is 0 Å². The molecule has 2 rings (SSSR count). The Morgan fingerprint density at radius 3 is 2.48 bits per heavy atom. The van der Waals surface area contributed by atoms with E-state index in [9.17, 15) is 27.9 Å². The molecule has 126 valence electrons. The van der Waals surface area contributed by atoms with Crippen molar-refractivity contribution in [1.29, 1.82) is 0 Å². The van der Waals surface area contributed by atoms with Crippen molar-refractivity contribution in [3.8, 4) is 0 Å². The van der Waals surface area contributed by atoms with Crippen LogP contribution >= 0.6 is 0 Å². The molecule has 1 heterocycles. The second kappa shape index (κ2) is 6.55. The van der Waals surface area contributed by atoms with Gasteiger partial charge in [-0.1, -0.05) is 19.3 Å². The molecule has 0 spiro atoms. The van der Waals surface area contributed by atoms with Gasteiger partial charge in [0.25, 0.3) is 5.91 Å². The fourth-order valence-corrected chi connectivity index (χ4v) is 2.84. The minimum Gasteiger partial charge on any atom is -0.481 e. The predicted octanol–water partition coefficient (Wildman–Crippen LogP) is 2.87. The molecular formula is C15H17F3N2O3. The Balaban J connectivity index is 2.15. The van der Waals surface area contributed by atoms with Crippen LogP contribution in [0.25, 0.3) is 0 Å². The van der Waals surface area contributed by atoms with Gasteiger partial charge < -0.3 is 10.4 Å². The first kappa shape index (κ1) is 17.2.